The van der Waals surface area contributed by atoms with Crippen LogP contribution in [0.4, 0.5) is 0 Å². The molecule has 8 nitrogen and oxygen atoms in total. The zero-order valence-electron chi connectivity index (χ0n) is 13.4. The third-order valence-electron chi connectivity index (χ3n) is 4.88. The zero-order chi connectivity index (χ0) is 17.4. The van der Waals surface area contributed by atoms with Crippen LogP contribution in [0.5, 0.6) is 0 Å². The lowest BCUT2D eigenvalue weighted by atomic mass is 9.98. The van der Waals surface area contributed by atoms with E-state index in [1.54, 1.807) is 35.0 Å². The van der Waals surface area contributed by atoms with Crippen LogP contribution in [0.1, 0.15) is 30.7 Å². The number of aliphatic hydroxyl groups is 4. The highest BCUT2D eigenvalue weighted by molar-refractivity contribution is 5.78. The van der Waals surface area contributed by atoms with E-state index in [2.05, 4.69) is 0 Å². The number of hydrogen-bond donors (Lipinski definition) is 4. The van der Waals surface area contributed by atoms with Gasteiger partial charge in [0.2, 0.25) is 5.91 Å². The molecule has 2 saturated heterocycles. The number of ether oxygens (including phenoxy) is 1. The highest BCUT2D eigenvalue weighted by atomic mass is 16.6. The Morgan fingerprint density at radius 1 is 1.29 bits per heavy atom. The fourth-order valence-corrected chi connectivity index (χ4v) is 3.39. The van der Waals surface area contributed by atoms with E-state index in [0.717, 1.165) is 5.56 Å². The van der Waals surface area contributed by atoms with Gasteiger partial charge in [-0.15, -0.1) is 0 Å². The van der Waals surface area contributed by atoms with Gasteiger partial charge in [0, 0.05) is 25.1 Å². The second-order valence-corrected chi connectivity index (χ2v) is 6.36. The van der Waals surface area contributed by atoms with E-state index in [9.17, 15) is 25.2 Å². The molecule has 1 aromatic heterocycles. The Kier molecular flexibility index (Phi) is 4.84. The van der Waals surface area contributed by atoms with Crippen molar-refractivity contribution >= 4 is 5.91 Å². The van der Waals surface area contributed by atoms with Crippen LogP contribution in [0.2, 0.25) is 0 Å². The van der Waals surface area contributed by atoms with Crippen molar-refractivity contribution in [3.8, 4) is 0 Å². The molecule has 24 heavy (non-hydrogen) atoms. The standard InChI is InChI=1S/C16H23N2O6/c1-17-10(4-5-12(17)20)9-3-2-6-18(7-9)16-15(23)14(22)13(21)11(8-19)24-16/h2-3,6-7,10-11,13-16,19,21-23H,4-5,8H2,1H3/q+1/t10-,11+,13-,14+,15+,16-/m1/s1. The van der Waals surface area contributed by atoms with Crippen LogP contribution in [0, 0.1) is 0 Å². The van der Waals surface area contributed by atoms with Crippen LogP contribution in [0.3, 0.4) is 0 Å². The van der Waals surface area contributed by atoms with Gasteiger partial charge in [0.25, 0.3) is 6.23 Å². The maximum Gasteiger partial charge on any atom is 0.292 e. The van der Waals surface area contributed by atoms with Crippen molar-refractivity contribution in [3.63, 3.8) is 0 Å². The van der Waals surface area contributed by atoms with Gasteiger partial charge in [-0.05, 0) is 12.5 Å². The van der Waals surface area contributed by atoms with E-state index in [0.29, 0.717) is 12.8 Å². The predicted octanol–water partition coefficient (Wildman–Crippen LogP) is -1.76. The number of carbonyl (C=O) groups is 1. The molecule has 132 valence electrons. The number of likely N-dealkylation sites (tertiary alicyclic amines) is 1. The number of carbonyl (C=O) groups excluding carboxylic acids is 1. The molecule has 2 aliphatic rings. The average molecular weight is 339 g/mol. The lowest BCUT2D eigenvalue weighted by Gasteiger charge is -2.36. The molecule has 2 aliphatic heterocycles. The monoisotopic (exact) mass is 339 g/mol. The summed E-state index contributed by atoms with van der Waals surface area (Å²) in [6.07, 6.45) is -1.41. The Labute approximate surface area is 139 Å². The van der Waals surface area contributed by atoms with Crippen molar-refractivity contribution in [3.05, 3.63) is 30.1 Å². The first-order valence-electron chi connectivity index (χ1n) is 8.01. The largest absolute Gasteiger partial charge is 0.394 e. The van der Waals surface area contributed by atoms with Gasteiger partial charge in [0.1, 0.15) is 18.3 Å². The van der Waals surface area contributed by atoms with Gasteiger partial charge in [-0.25, -0.2) is 0 Å². The highest BCUT2D eigenvalue weighted by Crippen LogP contribution is 2.31. The number of amides is 1. The van der Waals surface area contributed by atoms with Gasteiger partial charge in [-0.2, -0.15) is 4.57 Å². The maximum absolute atomic E-state index is 11.7. The molecule has 0 saturated carbocycles. The number of pyridine rings is 1. The third kappa shape index (κ3) is 2.91. The highest BCUT2D eigenvalue weighted by Gasteiger charge is 2.48. The fourth-order valence-electron chi connectivity index (χ4n) is 3.39. The maximum atomic E-state index is 11.7. The summed E-state index contributed by atoms with van der Waals surface area (Å²) in [5.74, 6) is 0.0863. The summed E-state index contributed by atoms with van der Waals surface area (Å²) < 4.78 is 7.15. The summed E-state index contributed by atoms with van der Waals surface area (Å²) in [5, 5.41) is 39.3. The first-order valence-corrected chi connectivity index (χ1v) is 8.01. The molecule has 0 spiro atoms. The van der Waals surface area contributed by atoms with Crippen molar-refractivity contribution in [2.24, 2.45) is 0 Å². The minimum absolute atomic E-state index is 0.0464. The fraction of sp³-hybridized carbons (Fsp3) is 0.625. The predicted molar refractivity (Wildman–Crippen MR) is 80.4 cm³/mol. The van der Waals surface area contributed by atoms with Crippen LogP contribution in [-0.4, -0.2) is 69.3 Å². The first kappa shape index (κ1) is 17.2. The molecule has 1 amide bonds. The third-order valence-corrected chi connectivity index (χ3v) is 4.88. The molecule has 0 aromatic carbocycles. The molecule has 8 heteroatoms. The second-order valence-electron chi connectivity index (χ2n) is 6.36. The number of hydrogen-bond acceptors (Lipinski definition) is 6. The van der Waals surface area contributed by atoms with Crippen LogP contribution in [-0.2, 0) is 9.53 Å². The van der Waals surface area contributed by atoms with Gasteiger partial charge in [0.15, 0.2) is 18.5 Å². The lowest BCUT2D eigenvalue weighted by Crippen LogP contribution is -2.62. The molecular weight excluding hydrogens is 316 g/mol. The molecule has 6 atom stereocenters. The molecule has 1 aromatic rings. The lowest BCUT2D eigenvalue weighted by molar-refractivity contribution is -0.778. The molecule has 0 aliphatic carbocycles. The Bertz CT molecular complexity index is 610. The van der Waals surface area contributed by atoms with E-state index < -0.39 is 37.3 Å². The molecule has 4 N–H and O–H groups in total. The van der Waals surface area contributed by atoms with Crippen LogP contribution < -0.4 is 4.57 Å². The van der Waals surface area contributed by atoms with E-state index in [4.69, 9.17) is 4.74 Å². The van der Waals surface area contributed by atoms with Gasteiger partial charge in [-0.3, -0.25) is 4.79 Å². The zero-order valence-corrected chi connectivity index (χ0v) is 13.4. The van der Waals surface area contributed by atoms with Crippen LogP contribution in [0.15, 0.2) is 24.5 Å². The number of aliphatic hydroxyl groups excluding tert-OH is 4. The Balaban J connectivity index is 1.87. The number of nitrogens with zero attached hydrogens (tertiary/aromatic N) is 2. The summed E-state index contributed by atoms with van der Waals surface area (Å²) in [4.78, 5) is 13.4. The Morgan fingerprint density at radius 3 is 2.67 bits per heavy atom. The summed E-state index contributed by atoms with van der Waals surface area (Å²) in [6, 6.07) is 3.61. The van der Waals surface area contributed by atoms with Crippen molar-refractivity contribution in [2.45, 2.75) is 49.5 Å². The minimum atomic E-state index is -1.42. The number of aromatic nitrogens is 1. The van der Waals surface area contributed by atoms with Gasteiger partial charge < -0.3 is 30.1 Å². The van der Waals surface area contributed by atoms with E-state index in [1.165, 1.54) is 0 Å². The topological polar surface area (TPSA) is 114 Å². The van der Waals surface area contributed by atoms with E-state index in [-0.39, 0.29) is 11.9 Å². The average Bonchev–Trinajstić information content (AvgIpc) is 2.92. The van der Waals surface area contributed by atoms with Gasteiger partial charge >= 0.3 is 0 Å². The van der Waals surface area contributed by atoms with Gasteiger partial charge in [-0.1, -0.05) is 0 Å². The number of rotatable bonds is 3. The summed E-state index contributed by atoms with van der Waals surface area (Å²) in [6.45, 7) is -0.471. The van der Waals surface area contributed by atoms with E-state index >= 15 is 0 Å². The summed E-state index contributed by atoms with van der Waals surface area (Å²) >= 11 is 0. The first-order chi connectivity index (χ1) is 11.4. The van der Waals surface area contributed by atoms with Crippen molar-refractivity contribution < 1.29 is 34.5 Å². The molecule has 0 bridgehead atoms. The SMILES string of the molecule is CN1C(=O)CC[C@@H]1c1ccc[n+]([C@@H]2O[C@@H](CO)[C@@H](O)[C@H](O)[C@@H]2O)c1. The van der Waals surface area contributed by atoms with Crippen LogP contribution in [0.25, 0.3) is 0 Å². The molecule has 0 radical (unpaired) electrons. The molecule has 3 heterocycles. The van der Waals surface area contributed by atoms with Crippen molar-refractivity contribution in [2.75, 3.05) is 13.7 Å². The van der Waals surface area contributed by atoms with Crippen LogP contribution >= 0.6 is 0 Å². The normalized spacial score (nSPS) is 37.0. The molecule has 0 unspecified atom stereocenters. The summed E-state index contributed by atoms with van der Waals surface area (Å²) in [7, 11) is 1.76. The second kappa shape index (κ2) is 6.73. The van der Waals surface area contributed by atoms with Crippen molar-refractivity contribution in [1.82, 2.24) is 4.90 Å². The Morgan fingerprint density at radius 2 is 2.04 bits per heavy atom. The Hall–Kier alpha value is -1.58. The quantitative estimate of drug-likeness (QED) is 0.485. The van der Waals surface area contributed by atoms with Crippen molar-refractivity contribution in [1.29, 1.82) is 0 Å². The molecule has 3 rings (SSSR count). The molecular formula is C16H23N2O6+. The van der Waals surface area contributed by atoms with Gasteiger partial charge in [0.05, 0.1) is 12.6 Å². The minimum Gasteiger partial charge on any atom is -0.394 e. The molecule has 2 fully saturated rings. The van der Waals surface area contributed by atoms with E-state index in [1.807, 2.05) is 6.07 Å². The smallest absolute Gasteiger partial charge is 0.292 e. The summed E-state index contributed by atoms with van der Waals surface area (Å²) in [5.41, 5.74) is 0.891.